The Hall–Kier alpha value is -2.12. The lowest BCUT2D eigenvalue weighted by Crippen LogP contribution is -2.53. The van der Waals surface area contributed by atoms with E-state index >= 15 is 0 Å². The van der Waals surface area contributed by atoms with Gasteiger partial charge in [0.25, 0.3) is 5.91 Å². The number of ether oxygens (including phenoxy) is 1. The minimum absolute atomic E-state index is 0.00915. The van der Waals surface area contributed by atoms with Crippen LogP contribution in [0.3, 0.4) is 0 Å². The molecule has 0 bridgehead atoms. The van der Waals surface area contributed by atoms with Gasteiger partial charge in [0, 0.05) is 28.9 Å². The molecule has 1 heterocycles. The molecule has 33 heavy (non-hydrogen) atoms. The number of carbonyl (C=O) groups is 2. The predicted molar refractivity (Wildman–Crippen MR) is 131 cm³/mol. The fourth-order valence-electron chi connectivity index (χ4n) is 4.79. The third-order valence-corrected chi connectivity index (χ3v) is 7.72. The van der Waals surface area contributed by atoms with Crippen LogP contribution >= 0.6 is 22.9 Å². The van der Waals surface area contributed by atoms with E-state index in [2.05, 4.69) is 15.6 Å². The van der Waals surface area contributed by atoms with Gasteiger partial charge in [-0.15, -0.1) is 11.3 Å². The number of aromatic nitrogens is 1. The fraction of sp³-hybridized carbons (Fsp3) is 0.560. The van der Waals surface area contributed by atoms with Gasteiger partial charge in [-0.25, -0.2) is 4.98 Å². The molecule has 2 aliphatic carbocycles. The second-order valence-electron chi connectivity index (χ2n) is 9.10. The van der Waals surface area contributed by atoms with Crippen LogP contribution in [-0.2, 0) is 11.4 Å². The van der Waals surface area contributed by atoms with Gasteiger partial charge in [0.1, 0.15) is 23.1 Å². The predicted octanol–water partition coefficient (Wildman–Crippen LogP) is 5.50. The summed E-state index contributed by atoms with van der Waals surface area (Å²) in [6, 6.07) is 7.07. The number of halogens is 1. The maximum atomic E-state index is 12.8. The molecule has 0 spiro atoms. The molecule has 2 aromatic rings. The van der Waals surface area contributed by atoms with E-state index in [0.29, 0.717) is 35.4 Å². The van der Waals surface area contributed by atoms with Crippen molar-refractivity contribution in [3.63, 3.8) is 0 Å². The van der Waals surface area contributed by atoms with Crippen LogP contribution in [-0.4, -0.2) is 28.9 Å². The smallest absolute Gasteiger partial charge is 0.271 e. The molecule has 8 heteroatoms. The van der Waals surface area contributed by atoms with Gasteiger partial charge in [-0.3, -0.25) is 9.59 Å². The van der Waals surface area contributed by atoms with E-state index in [4.69, 9.17) is 16.3 Å². The molecule has 0 aliphatic heterocycles. The summed E-state index contributed by atoms with van der Waals surface area (Å²) < 4.78 is 5.72. The monoisotopic (exact) mass is 489 g/mol. The van der Waals surface area contributed by atoms with Crippen molar-refractivity contribution in [2.75, 3.05) is 0 Å². The number of carbonyl (C=O) groups excluding carboxylic acids is 2. The minimum atomic E-state index is -0.193. The molecule has 6 nitrogen and oxygen atoms in total. The third kappa shape index (κ3) is 7.18. The van der Waals surface area contributed by atoms with E-state index in [1.165, 1.54) is 37.0 Å². The first-order valence-electron chi connectivity index (χ1n) is 12.0. The van der Waals surface area contributed by atoms with Crippen molar-refractivity contribution >= 4 is 34.8 Å². The van der Waals surface area contributed by atoms with Gasteiger partial charge in [0.05, 0.1) is 0 Å². The van der Waals surface area contributed by atoms with Gasteiger partial charge < -0.3 is 15.4 Å². The maximum Gasteiger partial charge on any atom is 0.271 e. The lowest BCUT2D eigenvalue weighted by Gasteiger charge is -2.32. The van der Waals surface area contributed by atoms with Crippen molar-refractivity contribution in [2.24, 2.45) is 5.92 Å². The average molecular weight is 490 g/mol. The van der Waals surface area contributed by atoms with Crippen molar-refractivity contribution in [1.29, 1.82) is 0 Å². The average Bonchev–Trinajstić information content (AvgIpc) is 3.51. The van der Waals surface area contributed by atoms with E-state index in [-0.39, 0.29) is 23.9 Å². The molecule has 2 amide bonds. The first kappa shape index (κ1) is 24.0. The Kier molecular flexibility index (Phi) is 8.62. The first-order chi connectivity index (χ1) is 16.1. The highest BCUT2D eigenvalue weighted by Gasteiger charge is 2.29. The SMILES string of the molecule is O=C(CCC1CCCC1)N[C@@H]1CCCC[C@H]1NC(=O)c1csc(COc2ccc(Cl)cc2)n1. The molecule has 1 aromatic carbocycles. The number of hydrogen-bond acceptors (Lipinski definition) is 5. The Morgan fingerprint density at radius 3 is 2.39 bits per heavy atom. The largest absolute Gasteiger partial charge is 0.486 e. The van der Waals surface area contributed by atoms with Crippen molar-refractivity contribution in [2.45, 2.75) is 82.9 Å². The highest BCUT2D eigenvalue weighted by Crippen LogP contribution is 2.28. The molecule has 0 radical (unpaired) electrons. The number of nitrogens with one attached hydrogen (secondary N) is 2. The second kappa shape index (κ2) is 11.8. The number of amides is 2. The number of rotatable bonds is 9. The van der Waals surface area contributed by atoms with Gasteiger partial charge in [0.15, 0.2) is 0 Å². The zero-order valence-corrected chi connectivity index (χ0v) is 20.4. The van der Waals surface area contributed by atoms with Gasteiger partial charge >= 0.3 is 0 Å². The maximum absolute atomic E-state index is 12.8. The zero-order chi connectivity index (χ0) is 23.0. The number of nitrogens with zero attached hydrogens (tertiary/aromatic N) is 1. The summed E-state index contributed by atoms with van der Waals surface area (Å²) in [5.74, 6) is 1.33. The molecule has 2 saturated carbocycles. The van der Waals surface area contributed by atoms with Gasteiger partial charge in [-0.2, -0.15) is 0 Å². The van der Waals surface area contributed by atoms with Crippen molar-refractivity contribution in [3.05, 3.63) is 45.4 Å². The van der Waals surface area contributed by atoms with Crippen LogP contribution in [0.2, 0.25) is 5.02 Å². The second-order valence-corrected chi connectivity index (χ2v) is 10.5. The lowest BCUT2D eigenvalue weighted by molar-refractivity contribution is -0.122. The number of hydrogen-bond donors (Lipinski definition) is 2. The van der Waals surface area contributed by atoms with E-state index in [1.54, 1.807) is 29.6 Å². The summed E-state index contributed by atoms with van der Waals surface area (Å²) in [7, 11) is 0. The minimum Gasteiger partial charge on any atom is -0.486 e. The summed E-state index contributed by atoms with van der Waals surface area (Å²) in [4.78, 5) is 29.8. The molecule has 2 atom stereocenters. The number of benzene rings is 1. The molecule has 4 rings (SSSR count). The van der Waals surface area contributed by atoms with Crippen molar-refractivity contribution < 1.29 is 14.3 Å². The Bertz CT molecular complexity index is 927. The van der Waals surface area contributed by atoms with Crippen LogP contribution in [0.5, 0.6) is 5.75 Å². The molecular formula is C25H32ClN3O3S. The quantitative estimate of drug-likeness (QED) is 0.487. The lowest BCUT2D eigenvalue weighted by atomic mass is 9.90. The Balaban J connectivity index is 1.26. The van der Waals surface area contributed by atoms with Crippen LogP contribution in [0.4, 0.5) is 0 Å². The van der Waals surface area contributed by atoms with E-state index < -0.39 is 0 Å². The molecule has 178 valence electrons. The zero-order valence-electron chi connectivity index (χ0n) is 18.9. The van der Waals surface area contributed by atoms with Gasteiger partial charge in [-0.1, -0.05) is 50.1 Å². The molecule has 1 aromatic heterocycles. The number of thiazole rings is 1. The molecule has 2 fully saturated rings. The van der Waals surface area contributed by atoms with Gasteiger partial charge in [0.2, 0.25) is 5.91 Å². The summed E-state index contributed by atoms with van der Waals surface area (Å²) in [6.45, 7) is 0.294. The molecule has 0 saturated heterocycles. The van der Waals surface area contributed by atoms with E-state index in [0.717, 1.165) is 37.1 Å². The van der Waals surface area contributed by atoms with Gasteiger partial charge in [-0.05, 0) is 49.4 Å². The Morgan fingerprint density at radius 2 is 1.67 bits per heavy atom. The Labute approximate surface area is 204 Å². The van der Waals surface area contributed by atoms with Crippen LogP contribution in [0.25, 0.3) is 0 Å². The van der Waals surface area contributed by atoms with E-state index in [1.807, 2.05) is 0 Å². The summed E-state index contributed by atoms with van der Waals surface area (Å²) in [5.41, 5.74) is 0.395. The van der Waals surface area contributed by atoms with Crippen LogP contribution < -0.4 is 15.4 Å². The molecule has 0 unspecified atom stereocenters. The fourth-order valence-corrected chi connectivity index (χ4v) is 5.60. The summed E-state index contributed by atoms with van der Waals surface area (Å²) in [6.07, 6.45) is 10.6. The molecular weight excluding hydrogens is 458 g/mol. The highest BCUT2D eigenvalue weighted by atomic mass is 35.5. The summed E-state index contributed by atoms with van der Waals surface area (Å²) in [5, 5.41) is 9.46. The topological polar surface area (TPSA) is 80.3 Å². The Morgan fingerprint density at radius 1 is 1.00 bits per heavy atom. The standard InChI is InChI=1S/C25H32ClN3O3S/c26-18-10-12-19(13-11-18)32-15-24-28-22(16-33-24)25(31)29-21-8-4-3-7-20(21)27-23(30)14-9-17-5-1-2-6-17/h10-13,16-17,20-21H,1-9,14-15H2,(H,27,30)(H,29,31)/t20-,21-/m1/s1. The van der Waals surface area contributed by atoms with Crippen LogP contribution in [0.1, 0.15) is 79.7 Å². The molecule has 2 N–H and O–H groups in total. The normalized spacial score (nSPS) is 21.0. The van der Waals surface area contributed by atoms with Crippen LogP contribution in [0, 0.1) is 5.92 Å². The van der Waals surface area contributed by atoms with Crippen LogP contribution in [0.15, 0.2) is 29.6 Å². The van der Waals surface area contributed by atoms with E-state index in [9.17, 15) is 9.59 Å². The van der Waals surface area contributed by atoms with Crippen molar-refractivity contribution in [3.8, 4) is 5.75 Å². The summed E-state index contributed by atoms with van der Waals surface area (Å²) >= 11 is 7.29. The molecule has 2 aliphatic rings. The highest BCUT2D eigenvalue weighted by molar-refractivity contribution is 7.09. The first-order valence-corrected chi connectivity index (χ1v) is 13.3. The third-order valence-electron chi connectivity index (χ3n) is 6.64. The van der Waals surface area contributed by atoms with Crippen molar-refractivity contribution in [1.82, 2.24) is 15.6 Å².